The highest BCUT2D eigenvalue weighted by Crippen LogP contribution is 2.27. The zero-order valence-corrected chi connectivity index (χ0v) is 14.9. The Kier molecular flexibility index (Phi) is 5.16. The zero-order chi connectivity index (χ0) is 18.7. The second kappa shape index (κ2) is 7.52. The van der Waals surface area contributed by atoms with Gasteiger partial charge in [0.1, 0.15) is 17.4 Å². The number of rotatable bonds is 5. The van der Waals surface area contributed by atoms with E-state index >= 15 is 0 Å². The molecule has 0 spiro atoms. The standard InChI is InChI=1S/C21H21FN2O2/c1-3-17-14(2)23-20(18-6-4-5-7-19(18)25)24(21(17)26)13-12-15-8-10-16(22)11-9-15/h4-11,25H,3,12-13H2,1-2H3. The van der Waals surface area contributed by atoms with Crippen LogP contribution in [0.4, 0.5) is 4.39 Å². The third kappa shape index (κ3) is 3.52. The number of aryl methyl sites for hydroxylation is 2. The number of benzene rings is 2. The first-order valence-corrected chi connectivity index (χ1v) is 8.64. The van der Waals surface area contributed by atoms with Gasteiger partial charge in [-0.1, -0.05) is 31.2 Å². The number of aromatic hydroxyl groups is 1. The van der Waals surface area contributed by atoms with Crippen LogP contribution >= 0.6 is 0 Å². The smallest absolute Gasteiger partial charge is 0.257 e. The Morgan fingerprint density at radius 2 is 1.81 bits per heavy atom. The molecule has 3 aromatic rings. The van der Waals surface area contributed by atoms with Crippen LogP contribution in [0.1, 0.15) is 23.7 Å². The fraction of sp³-hybridized carbons (Fsp3) is 0.238. The number of nitrogens with zero attached hydrogens (tertiary/aromatic N) is 2. The summed E-state index contributed by atoms with van der Waals surface area (Å²) in [7, 11) is 0. The van der Waals surface area contributed by atoms with Gasteiger partial charge in [-0.3, -0.25) is 9.36 Å². The van der Waals surface area contributed by atoms with Crippen molar-refractivity contribution in [2.45, 2.75) is 33.2 Å². The number of aromatic nitrogens is 2. The SMILES string of the molecule is CCc1c(C)nc(-c2ccccc2O)n(CCc2ccc(F)cc2)c1=O. The van der Waals surface area contributed by atoms with Gasteiger partial charge in [0.15, 0.2) is 0 Å². The summed E-state index contributed by atoms with van der Waals surface area (Å²) >= 11 is 0. The first-order valence-electron chi connectivity index (χ1n) is 8.64. The van der Waals surface area contributed by atoms with Crippen LogP contribution < -0.4 is 5.56 Å². The van der Waals surface area contributed by atoms with E-state index in [-0.39, 0.29) is 17.1 Å². The first-order chi connectivity index (χ1) is 12.5. The molecule has 0 saturated carbocycles. The lowest BCUT2D eigenvalue weighted by Crippen LogP contribution is -2.28. The Morgan fingerprint density at radius 3 is 2.46 bits per heavy atom. The number of halogens is 1. The third-order valence-corrected chi connectivity index (χ3v) is 4.51. The van der Waals surface area contributed by atoms with Crippen molar-refractivity contribution < 1.29 is 9.50 Å². The van der Waals surface area contributed by atoms with Crippen LogP contribution in [0.25, 0.3) is 11.4 Å². The highest BCUT2D eigenvalue weighted by molar-refractivity contribution is 5.64. The molecular weight excluding hydrogens is 331 g/mol. The van der Waals surface area contributed by atoms with E-state index in [1.54, 1.807) is 41.0 Å². The molecule has 1 N–H and O–H groups in total. The summed E-state index contributed by atoms with van der Waals surface area (Å²) in [6, 6.07) is 13.1. The number of phenols is 1. The summed E-state index contributed by atoms with van der Waals surface area (Å²) in [6.45, 7) is 4.14. The molecule has 0 aliphatic carbocycles. The topological polar surface area (TPSA) is 55.1 Å². The van der Waals surface area contributed by atoms with Crippen molar-refractivity contribution >= 4 is 0 Å². The highest BCUT2D eigenvalue weighted by Gasteiger charge is 2.16. The van der Waals surface area contributed by atoms with Gasteiger partial charge >= 0.3 is 0 Å². The van der Waals surface area contributed by atoms with Gasteiger partial charge in [0, 0.05) is 17.8 Å². The van der Waals surface area contributed by atoms with Crippen LogP contribution in [0.15, 0.2) is 53.3 Å². The van der Waals surface area contributed by atoms with Gasteiger partial charge in [-0.25, -0.2) is 9.37 Å². The summed E-state index contributed by atoms with van der Waals surface area (Å²) in [6.07, 6.45) is 1.16. The van der Waals surface area contributed by atoms with E-state index in [1.165, 1.54) is 12.1 Å². The van der Waals surface area contributed by atoms with E-state index in [0.29, 0.717) is 42.0 Å². The number of hydrogen-bond acceptors (Lipinski definition) is 3. The van der Waals surface area contributed by atoms with Gasteiger partial charge in [0.05, 0.1) is 5.56 Å². The Bertz CT molecular complexity index is 978. The molecule has 1 aromatic heterocycles. The lowest BCUT2D eigenvalue weighted by atomic mass is 10.1. The van der Waals surface area contributed by atoms with Crippen molar-refractivity contribution in [3.8, 4) is 17.1 Å². The molecule has 0 saturated heterocycles. The quantitative estimate of drug-likeness (QED) is 0.758. The largest absolute Gasteiger partial charge is 0.507 e. The van der Waals surface area contributed by atoms with E-state index in [4.69, 9.17) is 0 Å². The van der Waals surface area contributed by atoms with Crippen molar-refractivity contribution in [2.75, 3.05) is 0 Å². The third-order valence-electron chi connectivity index (χ3n) is 4.51. The van der Waals surface area contributed by atoms with E-state index in [0.717, 1.165) is 5.56 Å². The second-order valence-corrected chi connectivity index (χ2v) is 6.20. The lowest BCUT2D eigenvalue weighted by Gasteiger charge is -2.16. The van der Waals surface area contributed by atoms with Crippen molar-refractivity contribution in [2.24, 2.45) is 0 Å². The zero-order valence-electron chi connectivity index (χ0n) is 14.9. The Morgan fingerprint density at radius 1 is 1.12 bits per heavy atom. The predicted octanol–water partition coefficient (Wildman–Crippen LogP) is 3.87. The number of hydrogen-bond donors (Lipinski definition) is 1. The van der Waals surface area contributed by atoms with Crippen LogP contribution in [0.3, 0.4) is 0 Å². The molecule has 3 rings (SSSR count). The molecule has 26 heavy (non-hydrogen) atoms. The van der Waals surface area contributed by atoms with Gasteiger partial charge in [0.2, 0.25) is 0 Å². The van der Waals surface area contributed by atoms with Gasteiger partial charge in [-0.2, -0.15) is 0 Å². The minimum atomic E-state index is -0.286. The molecular formula is C21H21FN2O2. The molecule has 5 heteroatoms. The maximum atomic E-state index is 13.1. The number of phenolic OH excluding ortho intramolecular Hbond substituents is 1. The first kappa shape index (κ1) is 17.9. The van der Waals surface area contributed by atoms with Crippen LogP contribution in [0.5, 0.6) is 5.75 Å². The van der Waals surface area contributed by atoms with Gasteiger partial charge in [0.25, 0.3) is 5.56 Å². The summed E-state index contributed by atoms with van der Waals surface area (Å²) in [5.74, 6) is 0.245. The van der Waals surface area contributed by atoms with Gasteiger partial charge in [-0.15, -0.1) is 0 Å². The fourth-order valence-electron chi connectivity index (χ4n) is 3.08. The molecule has 0 aliphatic heterocycles. The van der Waals surface area contributed by atoms with Crippen LogP contribution in [-0.2, 0) is 19.4 Å². The molecule has 0 atom stereocenters. The van der Waals surface area contributed by atoms with Gasteiger partial charge < -0.3 is 5.11 Å². The molecule has 134 valence electrons. The van der Waals surface area contributed by atoms with Crippen LogP contribution in [-0.4, -0.2) is 14.7 Å². The van der Waals surface area contributed by atoms with Crippen LogP contribution in [0.2, 0.25) is 0 Å². The summed E-state index contributed by atoms with van der Waals surface area (Å²) < 4.78 is 14.7. The molecule has 0 amide bonds. The Hall–Kier alpha value is -2.95. The molecule has 2 aromatic carbocycles. The average molecular weight is 352 g/mol. The molecule has 1 heterocycles. The summed E-state index contributed by atoms with van der Waals surface area (Å²) in [5.41, 5.74) is 2.70. The molecule has 4 nitrogen and oxygen atoms in total. The molecule has 0 radical (unpaired) electrons. The maximum Gasteiger partial charge on any atom is 0.257 e. The number of para-hydroxylation sites is 1. The minimum absolute atomic E-state index is 0.0820. The Balaban J connectivity index is 2.08. The van der Waals surface area contributed by atoms with E-state index in [2.05, 4.69) is 4.98 Å². The van der Waals surface area contributed by atoms with Crippen molar-refractivity contribution in [1.82, 2.24) is 9.55 Å². The normalized spacial score (nSPS) is 10.9. The molecule has 0 bridgehead atoms. The monoisotopic (exact) mass is 352 g/mol. The Labute approximate surface area is 151 Å². The lowest BCUT2D eigenvalue weighted by molar-refractivity contribution is 0.476. The van der Waals surface area contributed by atoms with Crippen molar-refractivity contribution in [1.29, 1.82) is 0 Å². The average Bonchev–Trinajstić information content (AvgIpc) is 2.63. The fourth-order valence-corrected chi connectivity index (χ4v) is 3.08. The van der Waals surface area contributed by atoms with E-state index < -0.39 is 0 Å². The summed E-state index contributed by atoms with van der Waals surface area (Å²) in [5, 5.41) is 10.2. The molecule has 0 unspecified atom stereocenters. The van der Waals surface area contributed by atoms with Crippen LogP contribution in [0, 0.1) is 12.7 Å². The van der Waals surface area contributed by atoms with E-state index in [1.807, 2.05) is 13.8 Å². The van der Waals surface area contributed by atoms with Crippen molar-refractivity contribution in [3.63, 3.8) is 0 Å². The van der Waals surface area contributed by atoms with Crippen molar-refractivity contribution in [3.05, 3.63) is 81.5 Å². The second-order valence-electron chi connectivity index (χ2n) is 6.20. The van der Waals surface area contributed by atoms with E-state index in [9.17, 15) is 14.3 Å². The maximum absolute atomic E-state index is 13.1. The van der Waals surface area contributed by atoms with Gasteiger partial charge in [-0.05, 0) is 49.6 Å². The minimum Gasteiger partial charge on any atom is -0.507 e. The highest BCUT2D eigenvalue weighted by atomic mass is 19.1. The molecule has 0 aliphatic rings. The summed E-state index contributed by atoms with van der Waals surface area (Å²) in [4.78, 5) is 17.6. The molecule has 0 fully saturated rings. The predicted molar refractivity (Wildman–Crippen MR) is 99.8 cm³/mol.